The third kappa shape index (κ3) is 5.42. The van der Waals surface area contributed by atoms with Crippen LogP contribution in [0.1, 0.15) is 18.1 Å². The minimum absolute atomic E-state index is 0. The van der Waals surface area contributed by atoms with E-state index in [-0.39, 0.29) is 18.3 Å². The first-order valence-electron chi connectivity index (χ1n) is 6.94. The maximum absolute atomic E-state index is 12.5. The molecule has 0 aliphatic heterocycles. The number of benzene rings is 1. The standard InChI is InChI=1S/C16H16F3N3O.ClH/c1-10(15(23)22-13-6-7-14(20)21-9-13)8-11-2-4-12(5-3-11)16(17,18)19;/h2-7,9-10H,8H2,1H3,(H2,20,21)(H,22,23);1H. The molecule has 130 valence electrons. The third-order valence-corrected chi connectivity index (χ3v) is 3.32. The van der Waals surface area contributed by atoms with Gasteiger partial charge in [-0.15, -0.1) is 12.4 Å². The van der Waals surface area contributed by atoms with Crippen LogP contribution in [0, 0.1) is 5.92 Å². The predicted octanol–water partition coefficient (Wildman–Crippen LogP) is 3.92. The molecule has 1 aromatic carbocycles. The Morgan fingerprint density at radius 1 is 1.21 bits per heavy atom. The number of nitrogens with zero attached hydrogens (tertiary/aromatic N) is 1. The van der Waals surface area contributed by atoms with Crippen molar-refractivity contribution in [2.45, 2.75) is 19.5 Å². The van der Waals surface area contributed by atoms with Gasteiger partial charge < -0.3 is 11.1 Å². The molecule has 1 heterocycles. The highest BCUT2D eigenvalue weighted by Crippen LogP contribution is 2.29. The molecule has 0 saturated heterocycles. The van der Waals surface area contributed by atoms with Crippen LogP contribution in [0.25, 0.3) is 0 Å². The van der Waals surface area contributed by atoms with Crippen molar-refractivity contribution in [1.29, 1.82) is 0 Å². The lowest BCUT2D eigenvalue weighted by molar-refractivity contribution is -0.137. The van der Waals surface area contributed by atoms with E-state index in [9.17, 15) is 18.0 Å². The lowest BCUT2D eigenvalue weighted by atomic mass is 9.99. The number of carbonyl (C=O) groups is 1. The van der Waals surface area contributed by atoms with Gasteiger partial charge in [-0.25, -0.2) is 4.98 Å². The Labute approximate surface area is 143 Å². The molecule has 8 heteroatoms. The first-order chi connectivity index (χ1) is 10.8. The molecule has 0 radical (unpaired) electrons. The monoisotopic (exact) mass is 359 g/mol. The van der Waals surface area contributed by atoms with Gasteiger partial charge in [-0.3, -0.25) is 4.79 Å². The van der Waals surface area contributed by atoms with E-state index in [1.807, 2.05) is 0 Å². The number of pyridine rings is 1. The van der Waals surface area contributed by atoms with Gasteiger partial charge in [0.25, 0.3) is 0 Å². The van der Waals surface area contributed by atoms with E-state index in [2.05, 4.69) is 10.3 Å². The Bertz CT molecular complexity index is 672. The summed E-state index contributed by atoms with van der Waals surface area (Å²) in [5, 5.41) is 2.69. The molecular weight excluding hydrogens is 343 g/mol. The van der Waals surface area contributed by atoms with Gasteiger partial charge in [-0.1, -0.05) is 19.1 Å². The fourth-order valence-corrected chi connectivity index (χ4v) is 2.02. The molecule has 0 spiro atoms. The van der Waals surface area contributed by atoms with Gasteiger partial charge in [0.05, 0.1) is 17.4 Å². The van der Waals surface area contributed by atoms with Crippen LogP contribution in [0.2, 0.25) is 0 Å². The van der Waals surface area contributed by atoms with Gasteiger partial charge in [0.1, 0.15) is 5.82 Å². The summed E-state index contributed by atoms with van der Waals surface area (Å²) in [4.78, 5) is 15.9. The van der Waals surface area contributed by atoms with Crippen molar-refractivity contribution in [3.8, 4) is 0 Å². The molecular formula is C16H17ClF3N3O. The van der Waals surface area contributed by atoms with Crippen LogP contribution in [0.4, 0.5) is 24.7 Å². The number of amides is 1. The Balaban J connectivity index is 0.00000288. The second kappa shape index (κ2) is 8.01. The first kappa shape index (κ1) is 19.8. The second-order valence-electron chi connectivity index (χ2n) is 5.26. The number of hydrogen-bond donors (Lipinski definition) is 2. The highest BCUT2D eigenvalue weighted by atomic mass is 35.5. The molecule has 1 amide bonds. The molecule has 3 N–H and O–H groups in total. The lowest BCUT2D eigenvalue weighted by Crippen LogP contribution is -2.22. The van der Waals surface area contributed by atoms with Crippen molar-refractivity contribution < 1.29 is 18.0 Å². The summed E-state index contributed by atoms with van der Waals surface area (Å²) in [6.45, 7) is 1.71. The largest absolute Gasteiger partial charge is 0.416 e. The van der Waals surface area contributed by atoms with Crippen LogP contribution in [0.5, 0.6) is 0 Å². The summed E-state index contributed by atoms with van der Waals surface area (Å²) < 4.78 is 37.5. The minimum atomic E-state index is -4.36. The molecule has 0 saturated carbocycles. The Morgan fingerprint density at radius 3 is 2.33 bits per heavy atom. The molecule has 2 aromatic rings. The number of alkyl halides is 3. The summed E-state index contributed by atoms with van der Waals surface area (Å²) in [6.07, 6.45) is -2.58. The van der Waals surface area contributed by atoms with Crippen molar-refractivity contribution in [3.63, 3.8) is 0 Å². The summed E-state index contributed by atoms with van der Waals surface area (Å²) in [6, 6.07) is 8.00. The summed E-state index contributed by atoms with van der Waals surface area (Å²) in [5.74, 6) is -0.290. The van der Waals surface area contributed by atoms with Crippen molar-refractivity contribution in [1.82, 2.24) is 4.98 Å². The lowest BCUT2D eigenvalue weighted by Gasteiger charge is -2.13. The van der Waals surface area contributed by atoms with Crippen LogP contribution < -0.4 is 11.1 Å². The fraction of sp³-hybridized carbons (Fsp3) is 0.250. The maximum Gasteiger partial charge on any atom is 0.416 e. The van der Waals surface area contributed by atoms with Crippen molar-refractivity contribution in [3.05, 3.63) is 53.7 Å². The molecule has 0 fully saturated rings. The summed E-state index contributed by atoms with van der Waals surface area (Å²) in [5.41, 5.74) is 5.94. The topological polar surface area (TPSA) is 68.0 Å². The number of halogens is 4. The zero-order valence-corrected chi connectivity index (χ0v) is 13.6. The molecule has 0 aliphatic rings. The molecule has 4 nitrogen and oxygen atoms in total. The van der Waals surface area contributed by atoms with E-state index in [4.69, 9.17) is 5.73 Å². The fourth-order valence-electron chi connectivity index (χ4n) is 2.02. The van der Waals surface area contributed by atoms with Crippen molar-refractivity contribution >= 4 is 29.8 Å². The zero-order chi connectivity index (χ0) is 17.0. The SMILES string of the molecule is CC(Cc1ccc(C(F)(F)F)cc1)C(=O)Nc1ccc(N)nc1.Cl. The van der Waals surface area contributed by atoms with E-state index >= 15 is 0 Å². The maximum atomic E-state index is 12.5. The van der Waals surface area contributed by atoms with Gasteiger partial charge >= 0.3 is 6.18 Å². The number of carbonyl (C=O) groups excluding carboxylic acids is 1. The number of hydrogen-bond acceptors (Lipinski definition) is 3. The van der Waals surface area contributed by atoms with Gasteiger partial charge in [0.2, 0.25) is 5.91 Å². The second-order valence-corrected chi connectivity index (χ2v) is 5.26. The molecule has 24 heavy (non-hydrogen) atoms. The number of anilines is 2. The molecule has 1 atom stereocenters. The molecule has 1 unspecified atom stereocenters. The number of aromatic nitrogens is 1. The number of rotatable bonds is 4. The predicted molar refractivity (Wildman–Crippen MR) is 88.8 cm³/mol. The normalized spacial score (nSPS) is 12.2. The van der Waals surface area contributed by atoms with E-state index in [1.54, 1.807) is 19.1 Å². The van der Waals surface area contributed by atoms with Crippen LogP contribution in [-0.4, -0.2) is 10.9 Å². The first-order valence-corrected chi connectivity index (χ1v) is 6.94. The van der Waals surface area contributed by atoms with E-state index < -0.39 is 17.7 Å². The quantitative estimate of drug-likeness (QED) is 0.869. The minimum Gasteiger partial charge on any atom is -0.384 e. The van der Waals surface area contributed by atoms with Gasteiger partial charge in [-0.05, 0) is 36.2 Å². The van der Waals surface area contributed by atoms with Crippen LogP contribution in [-0.2, 0) is 17.4 Å². The highest BCUT2D eigenvalue weighted by molar-refractivity contribution is 5.92. The molecule has 1 aromatic heterocycles. The van der Waals surface area contributed by atoms with E-state index in [0.717, 1.165) is 12.1 Å². The van der Waals surface area contributed by atoms with Gasteiger partial charge in [0.15, 0.2) is 0 Å². The smallest absolute Gasteiger partial charge is 0.384 e. The number of nitrogen functional groups attached to an aromatic ring is 1. The van der Waals surface area contributed by atoms with Gasteiger partial charge in [-0.2, -0.15) is 13.2 Å². The Kier molecular flexibility index (Phi) is 6.60. The highest BCUT2D eigenvalue weighted by Gasteiger charge is 2.30. The average molecular weight is 360 g/mol. The summed E-state index contributed by atoms with van der Waals surface area (Å²) >= 11 is 0. The van der Waals surface area contributed by atoms with Crippen molar-refractivity contribution in [2.75, 3.05) is 11.1 Å². The van der Waals surface area contributed by atoms with Crippen molar-refractivity contribution in [2.24, 2.45) is 5.92 Å². The van der Waals surface area contributed by atoms with E-state index in [1.165, 1.54) is 18.3 Å². The third-order valence-electron chi connectivity index (χ3n) is 3.32. The van der Waals surface area contributed by atoms with Crippen LogP contribution in [0.3, 0.4) is 0 Å². The van der Waals surface area contributed by atoms with Gasteiger partial charge in [0, 0.05) is 5.92 Å². The Hall–Kier alpha value is -2.28. The molecule has 0 bridgehead atoms. The Morgan fingerprint density at radius 2 is 1.83 bits per heavy atom. The van der Waals surface area contributed by atoms with E-state index in [0.29, 0.717) is 23.5 Å². The summed E-state index contributed by atoms with van der Waals surface area (Å²) in [7, 11) is 0. The molecule has 2 rings (SSSR count). The molecule has 0 aliphatic carbocycles. The van der Waals surface area contributed by atoms with Crippen LogP contribution in [0.15, 0.2) is 42.6 Å². The average Bonchev–Trinajstić information content (AvgIpc) is 2.49. The number of nitrogens with two attached hydrogens (primary N) is 1. The number of nitrogens with one attached hydrogen (secondary N) is 1. The zero-order valence-electron chi connectivity index (χ0n) is 12.8. The van der Waals surface area contributed by atoms with Crippen LogP contribution >= 0.6 is 12.4 Å².